The molecule has 0 saturated heterocycles. The summed E-state index contributed by atoms with van der Waals surface area (Å²) in [6, 6.07) is 18.0. The summed E-state index contributed by atoms with van der Waals surface area (Å²) in [7, 11) is 0. The Morgan fingerprint density at radius 3 is 2.38 bits per heavy atom. The minimum atomic E-state index is -0.890. The smallest absolute Gasteiger partial charge is 0.230 e. The Morgan fingerprint density at radius 2 is 1.71 bits per heavy atom. The molecule has 0 bridgehead atoms. The number of nitrogens with one attached hydrogen (secondary N) is 1. The summed E-state index contributed by atoms with van der Waals surface area (Å²) in [5.41, 5.74) is 3.10. The third-order valence-electron chi connectivity index (χ3n) is 3.66. The van der Waals surface area contributed by atoms with E-state index in [4.69, 9.17) is 23.2 Å². The van der Waals surface area contributed by atoms with Crippen LogP contribution in [0.25, 0.3) is 0 Å². The van der Waals surface area contributed by atoms with Crippen molar-refractivity contribution in [2.75, 3.05) is 5.32 Å². The third-order valence-corrected chi connectivity index (χ3v) is 4.49. The van der Waals surface area contributed by atoms with Crippen LogP contribution in [0.15, 0.2) is 54.6 Å². The van der Waals surface area contributed by atoms with Crippen LogP contribution in [0.4, 0.5) is 5.69 Å². The van der Waals surface area contributed by atoms with Gasteiger partial charge in [0.1, 0.15) is 4.33 Å². The number of benzene rings is 2. The number of anilines is 1. The zero-order valence-corrected chi connectivity index (χ0v) is 12.9. The topological polar surface area (TPSA) is 29.1 Å². The number of alkyl halides is 2. The predicted octanol–water partition coefficient (Wildman–Crippen LogP) is 4.41. The number of hydrogen-bond acceptors (Lipinski definition) is 1. The van der Waals surface area contributed by atoms with Crippen LogP contribution in [0, 0.1) is 5.92 Å². The summed E-state index contributed by atoms with van der Waals surface area (Å²) >= 11 is 11.9. The maximum Gasteiger partial charge on any atom is 0.230 e. The molecule has 1 atom stereocenters. The van der Waals surface area contributed by atoms with Crippen LogP contribution in [0.2, 0.25) is 0 Å². The molecule has 2 aromatic rings. The van der Waals surface area contributed by atoms with Crippen LogP contribution in [0.3, 0.4) is 0 Å². The minimum Gasteiger partial charge on any atom is -0.325 e. The monoisotopic (exact) mass is 319 g/mol. The number of halogens is 2. The van der Waals surface area contributed by atoms with Crippen LogP contribution >= 0.6 is 23.2 Å². The standard InChI is InChI=1S/C17H15Cl2NO/c18-17(19)11-14(17)16(21)20-15-9-5-4-8-13(15)10-12-6-2-1-3-7-12/h1-9,14H,10-11H2,(H,20,21)/t14-/m1/s1. The summed E-state index contributed by atoms with van der Waals surface area (Å²) in [6.07, 6.45) is 1.29. The van der Waals surface area contributed by atoms with Gasteiger partial charge >= 0.3 is 0 Å². The summed E-state index contributed by atoms with van der Waals surface area (Å²) in [4.78, 5) is 12.1. The van der Waals surface area contributed by atoms with E-state index < -0.39 is 4.33 Å². The van der Waals surface area contributed by atoms with Gasteiger partial charge in [0.05, 0.1) is 5.92 Å². The molecule has 21 heavy (non-hydrogen) atoms. The molecule has 1 amide bonds. The van der Waals surface area contributed by atoms with Gasteiger partial charge in [-0.25, -0.2) is 0 Å². The Morgan fingerprint density at radius 1 is 1.10 bits per heavy atom. The zero-order valence-electron chi connectivity index (χ0n) is 11.4. The van der Waals surface area contributed by atoms with Crippen LogP contribution in [0.1, 0.15) is 17.5 Å². The molecular formula is C17H15Cl2NO. The van der Waals surface area contributed by atoms with E-state index in [-0.39, 0.29) is 11.8 Å². The molecule has 1 aliphatic carbocycles. The van der Waals surface area contributed by atoms with Gasteiger partial charge in [0, 0.05) is 5.69 Å². The van der Waals surface area contributed by atoms with Crippen molar-refractivity contribution in [3.63, 3.8) is 0 Å². The SMILES string of the molecule is O=C(Nc1ccccc1Cc1ccccc1)[C@H]1CC1(Cl)Cl. The lowest BCUT2D eigenvalue weighted by Gasteiger charge is -2.11. The van der Waals surface area contributed by atoms with Crippen molar-refractivity contribution in [2.45, 2.75) is 17.2 Å². The Bertz CT molecular complexity index is 655. The van der Waals surface area contributed by atoms with Crippen LogP contribution in [-0.4, -0.2) is 10.2 Å². The number of carbonyl (C=O) groups is 1. The second-order valence-electron chi connectivity index (χ2n) is 5.33. The maximum absolute atomic E-state index is 12.1. The first kappa shape index (κ1) is 14.4. The molecule has 2 aromatic carbocycles. The lowest BCUT2D eigenvalue weighted by atomic mass is 10.0. The molecule has 108 valence electrons. The Labute approximate surface area is 134 Å². The van der Waals surface area contributed by atoms with Crippen molar-refractivity contribution < 1.29 is 4.79 Å². The molecule has 2 nitrogen and oxygen atoms in total. The van der Waals surface area contributed by atoms with Crippen molar-refractivity contribution in [1.29, 1.82) is 0 Å². The molecular weight excluding hydrogens is 305 g/mol. The first-order valence-corrected chi connectivity index (χ1v) is 7.62. The molecule has 1 aliphatic rings. The van der Waals surface area contributed by atoms with Crippen molar-refractivity contribution in [2.24, 2.45) is 5.92 Å². The maximum atomic E-state index is 12.1. The highest BCUT2D eigenvalue weighted by molar-refractivity contribution is 6.52. The fraction of sp³-hybridized carbons (Fsp3) is 0.235. The van der Waals surface area contributed by atoms with Crippen molar-refractivity contribution in [3.8, 4) is 0 Å². The predicted molar refractivity (Wildman–Crippen MR) is 86.9 cm³/mol. The molecule has 1 saturated carbocycles. The molecule has 0 unspecified atom stereocenters. The highest BCUT2D eigenvalue weighted by Crippen LogP contribution is 2.53. The number of amides is 1. The molecule has 0 aromatic heterocycles. The molecule has 0 radical (unpaired) electrons. The summed E-state index contributed by atoms with van der Waals surface area (Å²) in [5.74, 6) is -0.425. The quantitative estimate of drug-likeness (QED) is 0.831. The van der Waals surface area contributed by atoms with Crippen molar-refractivity contribution in [1.82, 2.24) is 0 Å². The van der Waals surface area contributed by atoms with Gasteiger partial charge in [-0.05, 0) is 30.0 Å². The number of para-hydroxylation sites is 1. The van der Waals surface area contributed by atoms with Gasteiger partial charge in [-0.3, -0.25) is 4.79 Å². The van der Waals surface area contributed by atoms with Gasteiger partial charge in [0.15, 0.2) is 0 Å². The molecule has 1 N–H and O–H groups in total. The van der Waals surface area contributed by atoms with Gasteiger partial charge in [-0.15, -0.1) is 23.2 Å². The molecule has 0 spiro atoms. The van der Waals surface area contributed by atoms with E-state index in [1.54, 1.807) is 0 Å². The second kappa shape index (κ2) is 5.70. The van der Waals surface area contributed by atoms with E-state index in [0.29, 0.717) is 6.42 Å². The number of rotatable bonds is 4. The molecule has 0 aliphatic heterocycles. The highest BCUT2D eigenvalue weighted by atomic mass is 35.5. The Kier molecular flexibility index (Phi) is 3.92. The highest BCUT2D eigenvalue weighted by Gasteiger charge is 2.56. The van der Waals surface area contributed by atoms with Crippen LogP contribution in [0.5, 0.6) is 0 Å². The fourth-order valence-electron chi connectivity index (χ4n) is 2.33. The molecule has 4 heteroatoms. The van der Waals surface area contributed by atoms with Crippen molar-refractivity contribution >= 4 is 34.8 Å². The first-order chi connectivity index (χ1) is 10.1. The molecule has 0 heterocycles. The van der Waals surface area contributed by atoms with Gasteiger partial charge in [-0.2, -0.15) is 0 Å². The van der Waals surface area contributed by atoms with Gasteiger partial charge in [0.25, 0.3) is 0 Å². The summed E-state index contributed by atoms with van der Waals surface area (Å²) in [5, 5.41) is 2.94. The largest absolute Gasteiger partial charge is 0.325 e. The lowest BCUT2D eigenvalue weighted by molar-refractivity contribution is -0.117. The van der Waals surface area contributed by atoms with Gasteiger partial charge in [0.2, 0.25) is 5.91 Å². The fourth-order valence-corrected chi connectivity index (χ4v) is 2.84. The third kappa shape index (κ3) is 3.39. The average Bonchev–Trinajstić information content (AvgIpc) is 3.11. The number of carbonyl (C=O) groups excluding carboxylic acids is 1. The summed E-state index contributed by atoms with van der Waals surface area (Å²) < 4.78 is -0.890. The van der Waals surface area contributed by atoms with E-state index >= 15 is 0 Å². The van der Waals surface area contributed by atoms with E-state index in [1.165, 1.54) is 5.56 Å². The van der Waals surface area contributed by atoms with E-state index in [1.807, 2.05) is 42.5 Å². The number of hydrogen-bond donors (Lipinski definition) is 1. The summed E-state index contributed by atoms with van der Waals surface area (Å²) in [6.45, 7) is 0. The van der Waals surface area contributed by atoms with Crippen molar-refractivity contribution in [3.05, 3.63) is 65.7 Å². The Balaban J connectivity index is 1.75. The lowest BCUT2D eigenvalue weighted by Crippen LogP contribution is -2.17. The van der Waals surface area contributed by atoms with Gasteiger partial charge in [-0.1, -0.05) is 48.5 Å². The van der Waals surface area contributed by atoms with Crippen LogP contribution < -0.4 is 5.32 Å². The minimum absolute atomic E-state index is 0.111. The average molecular weight is 320 g/mol. The first-order valence-electron chi connectivity index (χ1n) is 6.87. The van der Waals surface area contributed by atoms with E-state index in [9.17, 15) is 4.79 Å². The normalized spacial score (nSPS) is 19.0. The second-order valence-corrected chi connectivity index (χ2v) is 6.87. The van der Waals surface area contributed by atoms with Gasteiger partial charge < -0.3 is 5.32 Å². The van der Waals surface area contributed by atoms with E-state index in [0.717, 1.165) is 17.7 Å². The van der Waals surface area contributed by atoms with E-state index in [2.05, 4.69) is 17.4 Å². The Hall–Kier alpha value is -1.51. The zero-order chi connectivity index (χ0) is 14.9. The molecule has 3 rings (SSSR count). The molecule has 1 fully saturated rings. The van der Waals surface area contributed by atoms with Crippen LogP contribution in [-0.2, 0) is 11.2 Å².